The number of aryl methyl sites for hydroxylation is 1. The van der Waals surface area contributed by atoms with Gasteiger partial charge in [0, 0.05) is 22.8 Å². The van der Waals surface area contributed by atoms with E-state index in [-0.39, 0.29) is 5.91 Å². The van der Waals surface area contributed by atoms with Crippen LogP contribution in [0.15, 0.2) is 66.7 Å². The first-order valence-electron chi connectivity index (χ1n) is 10.9. The van der Waals surface area contributed by atoms with Gasteiger partial charge in [-0.1, -0.05) is 41.9 Å². The number of halogens is 1. The first kappa shape index (κ1) is 21.6. The Balaban J connectivity index is 1.44. The lowest BCUT2D eigenvalue weighted by atomic mass is 9.96. The van der Waals surface area contributed by atoms with Crippen molar-refractivity contribution in [1.29, 1.82) is 0 Å². The molecule has 3 aromatic carbocycles. The highest BCUT2D eigenvalue weighted by molar-refractivity contribution is 6.30. The van der Waals surface area contributed by atoms with E-state index in [1.807, 2.05) is 54.6 Å². The van der Waals surface area contributed by atoms with Gasteiger partial charge < -0.3 is 10.2 Å². The van der Waals surface area contributed by atoms with Crippen molar-refractivity contribution in [2.24, 2.45) is 5.92 Å². The summed E-state index contributed by atoms with van der Waals surface area (Å²) in [5.74, 6) is 0.623. The second-order valence-electron chi connectivity index (χ2n) is 8.75. The zero-order valence-electron chi connectivity index (χ0n) is 18.2. The predicted molar refractivity (Wildman–Crippen MR) is 130 cm³/mol. The van der Waals surface area contributed by atoms with Crippen LogP contribution in [0.25, 0.3) is 11.1 Å². The van der Waals surface area contributed by atoms with Crippen molar-refractivity contribution >= 4 is 23.2 Å². The number of nitrogens with zero attached hydrogens (tertiary/aromatic N) is 1. The fraction of sp³-hybridized carbons (Fsp3) is 0.296. The van der Waals surface area contributed by atoms with Crippen molar-refractivity contribution in [3.8, 4) is 11.1 Å². The Kier molecular flexibility index (Phi) is 6.74. The monoisotopic (exact) mass is 432 g/mol. The minimum absolute atomic E-state index is 0.0817. The fourth-order valence-electron chi connectivity index (χ4n) is 4.46. The smallest absolute Gasteiger partial charge is 0.255 e. The van der Waals surface area contributed by atoms with Gasteiger partial charge >= 0.3 is 0 Å². The first-order valence-corrected chi connectivity index (χ1v) is 11.3. The van der Waals surface area contributed by atoms with Crippen LogP contribution < -0.4 is 5.32 Å². The van der Waals surface area contributed by atoms with Crippen LogP contribution in [0.2, 0.25) is 5.02 Å². The van der Waals surface area contributed by atoms with Crippen molar-refractivity contribution in [2.75, 3.05) is 26.0 Å². The molecule has 1 unspecified atom stereocenters. The molecule has 1 atom stereocenters. The Morgan fingerprint density at radius 2 is 1.65 bits per heavy atom. The molecule has 0 aromatic heterocycles. The SMILES string of the molecule is CN(C)CC1CCCc2cc(NC(=O)c3ccc(-c4ccc(Cl)cc4)cc3)ccc2C1. The van der Waals surface area contributed by atoms with E-state index in [9.17, 15) is 4.79 Å². The van der Waals surface area contributed by atoms with Crippen LogP contribution >= 0.6 is 11.6 Å². The highest BCUT2D eigenvalue weighted by atomic mass is 35.5. The maximum absolute atomic E-state index is 12.8. The highest BCUT2D eigenvalue weighted by Crippen LogP contribution is 2.28. The van der Waals surface area contributed by atoms with E-state index in [1.165, 1.54) is 24.0 Å². The number of rotatable bonds is 5. The predicted octanol–water partition coefficient (Wildman–Crippen LogP) is 6.32. The minimum Gasteiger partial charge on any atom is -0.322 e. The molecule has 0 spiro atoms. The van der Waals surface area contributed by atoms with Gasteiger partial charge in [-0.25, -0.2) is 0 Å². The number of hydrogen-bond acceptors (Lipinski definition) is 2. The van der Waals surface area contributed by atoms with Gasteiger partial charge in [-0.3, -0.25) is 4.79 Å². The van der Waals surface area contributed by atoms with E-state index in [0.717, 1.165) is 36.2 Å². The van der Waals surface area contributed by atoms with E-state index in [2.05, 4.69) is 36.4 Å². The van der Waals surface area contributed by atoms with Crippen LogP contribution in [0.3, 0.4) is 0 Å². The van der Waals surface area contributed by atoms with E-state index >= 15 is 0 Å². The van der Waals surface area contributed by atoms with Crippen LogP contribution in [0, 0.1) is 5.92 Å². The number of amides is 1. The molecule has 0 saturated carbocycles. The minimum atomic E-state index is -0.0817. The van der Waals surface area contributed by atoms with E-state index in [1.54, 1.807) is 0 Å². The zero-order valence-corrected chi connectivity index (χ0v) is 19.0. The average molecular weight is 433 g/mol. The summed E-state index contributed by atoms with van der Waals surface area (Å²) >= 11 is 5.97. The van der Waals surface area contributed by atoms with Gasteiger partial charge in [0.2, 0.25) is 0 Å². The fourth-order valence-corrected chi connectivity index (χ4v) is 4.59. The molecule has 160 valence electrons. The molecule has 31 heavy (non-hydrogen) atoms. The van der Waals surface area contributed by atoms with Crippen molar-refractivity contribution in [1.82, 2.24) is 4.90 Å². The van der Waals surface area contributed by atoms with Crippen molar-refractivity contribution in [3.05, 3.63) is 88.4 Å². The second-order valence-corrected chi connectivity index (χ2v) is 9.18. The molecular weight excluding hydrogens is 404 g/mol. The molecule has 0 aliphatic heterocycles. The van der Waals surface area contributed by atoms with Gasteiger partial charge in [0.15, 0.2) is 0 Å². The molecule has 0 radical (unpaired) electrons. The average Bonchev–Trinajstić information content (AvgIpc) is 2.95. The number of carbonyl (C=O) groups excluding carboxylic acids is 1. The van der Waals surface area contributed by atoms with Gasteiger partial charge in [-0.05, 0) is 104 Å². The quantitative estimate of drug-likeness (QED) is 0.478. The Morgan fingerprint density at radius 1 is 0.968 bits per heavy atom. The Labute approximate surface area is 190 Å². The highest BCUT2D eigenvalue weighted by Gasteiger charge is 2.18. The van der Waals surface area contributed by atoms with Crippen molar-refractivity contribution < 1.29 is 4.79 Å². The summed E-state index contributed by atoms with van der Waals surface area (Å²) in [6, 6.07) is 21.8. The van der Waals surface area contributed by atoms with Crippen LogP contribution in [-0.4, -0.2) is 31.4 Å². The molecule has 0 fully saturated rings. The van der Waals surface area contributed by atoms with Crippen LogP contribution in [0.5, 0.6) is 0 Å². The van der Waals surface area contributed by atoms with Gasteiger partial charge in [0.05, 0.1) is 0 Å². The van der Waals surface area contributed by atoms with Gasteiger partial charge in [-0.2, -0.15) is 0 Å². The van der Waals surface area contributed by atoms with Crippen molar-refractivity contribution in [2.45, 2.75) is 25.7 Å². The summed E-state index contributed by atoms with van der Waals surface area (Å²) in [7, 11) is 4.29. The summed E-state index contributed by atoms with van der Waals surface area (Å²) in [6.07, 6.45) is 4.66. The molecule has 1 N–H and O–H groups in total. The maximum Gasteiger partial charge on any atom is 0.255 e. The standard InChI is InChI=1S/C27H29ClN2O/c1-30(2)18-19-4-3-5-23-17-26(15-12-24(23)16-19)29-27(31)22-8-6-20(7-9-22)21-10-13-25(28)14-11-21/h6-15,17,19H,3-5,16,18H2,1-2H3,(H,29,31). The molecule has 0 saturated heterocycles. The van der Waals surface area contributed by atoms with Gasteiger partial charge in [0.1, 0.15) is 0 Å². The number of carbonyl (C=O) groups is 1. The number of anilines is 1. The summed E-state index contributed by atoms with van der Waals surface area (Å²) in [5.41, 5.74) is 6.46. The molecule has 3 nitrogen and oxygen atoms in total. The molecule has 4 heteroatoms. The molecule has 1 amide bonds. The third kappa shape index (κ3) is 5.55. The van der Waals surface area contributed by atoms with E-state index in [0.29, 0.717) is 16.5 Å². The van der Waals surface area contributed by atoms with Crippen LogP contribution in [0.4, 0.5) is 5.69 Å². The summed E-state index contributed by atoms with van der Waals surface area (Å²) in [6.45, 7) is 1.13. The molecule has 0 heterocycles. The van der Waals surface area contributed by atoms with Crippen molar-refractivity contribution in [3.63, 3.8) is 0 Å². The molecule has 3 aromatic rings. The Hall–Kier alpha value is -2.62. The molecule has 1 aliphatic carbocycles. The molecule has 0 bridgehead atoms. The maximum atomic E-state index is 12.8. The second kappa shape index (κ2) is 9.67. The lowest BCUT2D eigenvalue weighted by molar-refractivity contribution is 0.102. The number of nitrogens with one attached hydrogen (secondary N) is 1. The Morgan fingerprint density at radius 3 is 2.32 bits per heavy atom. The molecule has 1 aliphatic rings. The normalized spacial score (nSPS) is 15.9. The van der Waals surface area contributed by atoms with Gasteiger partial charge in [0.25, 0.3) is 5.91 Å². The number of fused-ring (bicyclic) bond motifs is 1. The molecule has 4 rings (SSSR count). The first-order chi connectivity index (χ1) is 15.0. The topological polar surface area (TPSA) is 32.3 Å². The van der Waals surface area contributed by atoms with E-state index in [4.69, 9.17) is 11.6 Å². The third-order valence-electron chi connectivity index (χ3n) is 5.98. The van der Waals surface area contributed by atoms with Gasteiger partial charge in [-0.15, -0.1) is 0 Å². The van der Waals surface area contributed by atoms with Crippen LogP contribution in [0.1, 0.15) is 34.3 Å². The summed E-state index contributed by atoms with van der Waals surface area (Å²) in [5, 5.41) is 3.79. The summed E-state index contributed by atoms with van der Waals surface area (Å²) < 4.78 is 0. The summed E-state index contributed by atoms with van der Waals surface area (Å²) in [4.78, 5) is 15.1. The largest absolute Gasteiger partial charge is 0.322 e. The third-order valence-corrected chi connectivity index (χ3v) is 6.23. The zero-order chi connectivity index (χ0) is 21.8. The lowest BCUT2D eigenvalue weighted by Crippen LogP contribution is -2.22. The lowest BCUT2D eigenvalue weighted by Gasteiger charge is -2.19. The Bertz CT molecular complexity index is 1040. The number of benzene rings is 3. The van der Waals surface area contributed by atoms with Crippen LogP contribution in [-0.2, 0) is 12.8 Å². The number of hydrogen-bond donors (Lipinski definition) is 1. The molecular formula is C27H29ClN2O. The van der Waals surface area contributed by atoms with E-state index < -0.39 is 0 Å².